The molecule has 0 radical (unpaired) electrons. The van der Waals surface area contributed by atoms with E-state index in [0.29, 0.717) is 0 Å². The van der Waals surface area contributed by atoms with Crippen molar-refractivity contribution in [2.75, 3.05) is 4.90 Å². The van der Waals surface area contributed by atoms with E-state index in [9.17, 15) is 0 Å². The Morgan fingerprint density at radius 2 is 0.729 bits per heavy atom. The fraction of sp³-hybridized carbons (Fsp3) is 0.0526. The van der Waals surface area contributed by atoms with Gasteiger partial charge < -0.3 is 9.47 Å². The molecule has 1 aliphatic rings. The van der Waals surface area contributed by atoms with Crippen molar-refractivity contribution in [2.24, 2.45) is 0 Å². The number of para-hydroxylation sites is 3. The lowest BCUT2D eigenvalue weighted by atomic mass is 9.82. The summed E-state index contributed by atoms with van der Waals surface area (Å²) in [7, 11) is 0. The van der Waals surface area contributed by atoms with E-state index in [2.05, 4.69) is 242 Å². The third-order valence-electron chi connectivity index (χ3n) is 12.4. The smallest absolute Gasteiger partial charge is 0.0541 e. The average molecular weight is 755 g/mol. The van der Waals surface area contributed by atoms with E-state index in [0.717, 1.165) is 17.1 Å². The molecule has 0 unspecified atom stereocenters. The summed E-state index contributed by atoms with van der Waals surface area (Å²) >= 11 is 0. The van der Waals surface area contributed by atoms with Gasteiger partial charge in [0.05, 0.1) is 11.0 Å². The molecule has 10 aromatic rings. The van der Waals surface area contributed by atoms with Crippen molar-refractivity contribution in [1.29, 1.82) is 0 Å². The monoisotopic (exact) mass is 754 g/mol. The molecule has 0 spiro atoms. The number of rotatable bonds is 7. The molecule has 0 fully saturated rings. The van der Waals surface area contributed by atoms with Gasteiger partial charge in [0.25, 0.3) is 0 Å². The van der Waals surface area contributed by atoms with Gasteiger partial charge in [-0.1, -0.05) is 172 Å². The van der Waals surface area contributed by atoms with E-state index in [1.165, 1.54) is 83.1 Å². The lowest BCUT2D eigenvalue weighted by molar-refractivity contribution is 0.660. The second-order valence-corrected chi connectivity index (χ2v) is 16.2. The number of hydrogen-bond acceptors (Lipinski definition) is 1. The Kier molecular flexibility index (Phi) is 8.20. The molecule has 1 heterocycles. The SMILES string of the molecule is CC1(C)c2cc(N(c3ccccc3)c3ccc(-c4ccc(-c5ccc(-c6ccccc6)cc5)cc4)cc3)ccc2-c2ccc(-n3c4ccccc4c4ccccc43)cc21. The Morgan fingerprint density at radius 1 is 0.339 bits per heavy atom. The molecule has 0 saturated carbocycles. The van der Waals surface area contributed by atoms with Gasteiger partial charge in [0.15, 0.2) is 0 Å². The minimum absolute atomic E-state index is 0.197. The lowest BCUT2D eigenvalue weighted by Crippen LogP contribution is -2.17. The van der Waals surface area contributed by atoms with Gasteiger partial charge in [0.2, 0.25) is 0 Å². The molecule has 2 nitrogen and oxygen atoms in total. The zero-order valence-corrected chi connectivity index (χ0v) is 33.2. The van der Waals surface area contributed by atoms with Gasteiger partial charge in [-0.05, 0) is 116 Å². The third kappa shape index (κ3) is 5.87. The predicted octanol–water partition coefficient (Wildman–Crippen LogP) is 15.6. The molecule has 0 saturated heterocycles. The Bertz CT molecular complexity index is 3080. The van der Waals surface area contributed by atoms with Crippen molar-refractivity contribution in [3.63, 3.8) is 0 Å². The molecule has 280 valence electrons. The highest BCUT2D eigenvalue weighted by Gasteiger charge is 2.36. The molecule has 59 heavy (non-hydrogen) atoms. The number of benzene rings is 9. The van der Waals surface area contributed by atoms with E-state index in [1.807, 2.05) is 0 Å². The molecule has 2 heteroatoms. The molecule has 9 aromatic carbocycles. The van der Waals surface area contributed by atoms with Gasteiger partial charge in [0, 0.05) is 38.9 Å². The summed E-state index contributed by atoms with van der Waals surface area (Å²) < 4.78 is 2.43. The van der Waals surface area contributed by atoms with Gasteiger partial charge in [-0.25, -0.2) is 0 Å². The highest BCUT2D eigenvalue weighted by Crippen LogP contribution is 2.51. The van der Waals surface area contributed by atoms with Crippen LogP contribution in [0.1, 0.15) is 25.0 Å². The summed E-state index contributed by atoms with van der Waals surface area (Å²) in [6, 6.07) is 79.7. The van der Waals surface area contributed by atoms with Crippen molar-refractivity contribution in [3.8, 4) is 50.2 Å². The van der Waals surface area contributed by atoms with Crippen molar-refractivity contribution in [1.82, 2.24) is 4.57 Å². The lowest BCUT2D eigenvalue weighted by Gasteiger charge is -2.28. The summed E-state index contributed by atoms with van der Waals surface area (Å²) in [5.74, 6) is 0. The zero-order valence-electron chi connectivity index (χ0n) is 33.2. The van der Waals surface area contributed by atoms with E-state index in [1.54, 1.807) is 0 Å². The van der Waals surface area contributed by atoms with Crippen molar-refractivity contribution >= 4 is 38.9 Å². The number of hydrogen-bond donors (Lipinski definition) is 0. The summed E-state index contributed by atoms with van der Waals surface area (Å²) in [4.78, 5) is 2.38. The largest absolute Gasteiger partial charge is 0.310 e. The van der Waals surface area contributed by atoms with Crippen LogP contribution in [0.5, 0.6) is 0 Å². The molecule has 11 rings (SSSR count). The first-order chi connectivity index (χ1) is 29.0. The van der Waals surface area contributed by atoms with Crippen LogP contribution in [0.15, 0.2) is 218 Å². The second kappa shape index (κ2) is 13.9. The standard InChI is InChI=1S/C57H42N2/c1-57(2)53-37-47(33-35-49(53)50-36-34-48(38-54(50)57)59-55-19-11-9-17-51(55)52-18-10-12-20-56(52)59)58(45-15-7-4-8-16-45)46-31-29-44(30-32-46)43-27-25-42(26-28-43)41-23-21-40(22-24-41)39-13-5-3-6-14-39/h3-38H,1-2H3. The Balaban J connectivity index is 0.910. The number of aromatic nitrogens is 1. The van der Waals surface area contributed by atoms with Crippen LogP contribution in [0, 0.1) is 0 Å². The zero-order chi connectivity index (χ0) is 39.5. The van der Waals surface area contributed by atoms with Gasteiger partial charge in [-0.15, -0.1) is 0 Å². The highest BCUT2D eigenvalue weighted by molar-refractivity contribution is 6.09. The first kappa shape index (κ1) is 34.8. The summed E-state index contributed by atoms with van der Waals surface area (Å²) in [6.45, 7) is 4.76. The molecular formula is C57H42N2. The number of anilines is 3. The minimum Gasteiger partial charge on any atom is -0.310 e. The first-order valence-electron chi connectivity index (χ1n) is 20.5. The predicted molar refractivity (Wildman–Crippen MR) is 249 cm³/mol. The van der Waals surface area contributed by atoms with Gasteiger partial charge in [-0.3, -0.25) is 0 Å². The van der Waals surface area contributed by atoms with Crippen LogP contribution >= 0.6 is 0 Å². The van der Waals surface area contributed by atoms with E-state index >= 15 is 0 Å². The van der Waals surface area contributed by atoms with Crippen LogP contribution < -0.4 is 4.90 Å². The van der Waals surface area contributed by atoms with Crippen LogP contribution in [-0.2, 0) is 5.41 Å². The van der Waals surface area contributed by atoms with E-state index in [-0.39, 0.29) is 5.41 Å². The molecule has 0 N–H and O–H groups in total. The minimum atomic E-state index is -0.197. The van der Waals surface area contributed by atoms with Crippen LogP contribution in [0.2, 0.25) is 0 Å². The third-order valence-corrected chi connectivity index (χ3v) is 12.4. The van der Waals surface area contributed by atoms with Gasteiger partial charge in [-0.2, -0.15) is 0 Å². The van der Waals surface area contributed by atoms with Crippen LogP contribution in [0.3, 0.4) is 0 Å². The number of nitrogens with zero attached hydrogens (tertiary/aromatic N) is 2. The fourth-order valence-corrected chi connectivity index (χ4v) is 9.36. The van der Waals surface area contributed by atoms with E-state index in [4.69, 9.17) is 0 Å². The molecular weight excluding hydrogens is 713 g/mol. The fourth-order valence-electron chi connectivity index (χ4n) is 9.36. The Labute approximate surface area is 345 Å². The molecule has 1 aliphatic carbocycles. The molecule has 0 amide bonds. The summed E-state index contributed by atoms with van der Waals surface area (Å²) in [6.07, 6.45) is 0. The molecule has 1 aromatic heterocycles. The Hall–Kier alpha value is -7.42. The molecule has 0 bridgehead atoms. The van der Waals surface area contributed by atoms with Crippen LogP contribution in [0.4, 0.5) is 17.1 Å². The second-order valence-electron chi connectivity index (χ2n) is 16.2. The Morgan fingerprint density at radius 3 is 1.27 bits per heavy atom. The van der Waals surface area contributed by atoms with Crippen LogP contribution in [-0.4, -0.2) is 4.57 Å². The normalized spacial score (nSPS) is 12.7. The highest BCUT2D eigenvalue weighted by atomic mass is 15.1. The maximum Gasteiger partial charge on any atom is 0.0541 e. The quantitative estimate of drug-likeness (QED) is 0.157. The first-order valence-corrected chi connectivity index (χ1v) is 20.5. The molecule has 0 atom stereocenters. The number of fused-ring (bicyclic) bond motifs is 6. The van der Waals surface area contributed by atoms with Gasteiger partial charge in [0.1, 0.15) is 0 Å². The topological polar surface area (TPSA) is 8.17 Å². The average Bonchev–Trinajstić information content (AvgIpc) is 3.75. The maximum atomic E-state index is 2.43. The van der Waals surface area contributed by atoms with Crippen molar-refractivity contribution in [2.45, 2.75) is 19.3 Å². The van der Waals surface area contributed by atoms with Gasteiger partial charge >= 0.3 is 0 Å². The van der Waals surface area contributed by atoms with Crippen molar-refractivity contribution in [3.05, 3.63) is 230 Å². The summed E-state index contributed by atoms with van der Waals surface area (Å²) in [5, 5.41) is 2.56. The molecule has 0 aliphatic heterocycles. The van der Waals surface area contributed by atoms with Crippen molar-refractivity contribution < 1.29 is 0 Å². The van der Waals surface area contributed by atoms with E-state index < -0.39 is 0 Å². The summed E-state index contributed by atoms with van der Waals surface area (Å²) in [5.41, 5.74) is 19.5. The maximum absolute atomic E-state index is 2.43. The van der Waals surface area contributed by atoms with Crippen LogP contribution in [0.25, 0.3) is 72.0 Å².